The number of thiophene rings is 1. The summed E-state index contributed by atoms with van der Waals surface area (Å²) in [6, 6.07) is 9.49. The van der Waals surface area contributed by atoms with Gasteiger partial charge >= 0.3 is 0 Å². The summed E-state index contributed by atoms with van der Waals surface area (Å²) < 4.78 is 0.794. The van der Waals surface area contributed by atoms with Gasteiger partial charge in [0.1, 0.15) is 0 Å². The molecule has 0 spiro atoms. The molecule has 2 rings (SSSR count). The summed E-state index contributed by atoms with van der Waals surface area (Å²) in [5.74, 6) is 0. The summed E-state index contributed by atoms with van der Waals surface area (Å²) in [5, 5.41) is 1.27. The maximum Gasteiger partial charge on any atom is 0.0931 e. The van der Waals surface area contributed by atoms with Crippen LogP contribution >= 0.6 is 46.1 Å². The van der Waals surface area contributed by atoms with Gasteiger partial charge in [0, 0.05) is 34.1 Å². The smallest absolute Gasteiger partial charge is 0.0931 e. The Morgan fingerprint density at radius 3 is 2.50 bits per heavy atom. The molecule has 0 radical (unpaired) electrons. The van der Waals surface area contributed by atoms with Gasteiger partial charge in [0.05, 0.1) is 4.34 Å². The lowest BCUT2D eigenvalue weighted by Gasteiger charge is -2.27. The molecule has 1 aromatic carbocycles. The highest BCUT2D eigenvalue weighted by atomic mass is 35.5. The van der Waals surface area contributed by atoms with Gasteiger partial charge in [-0.15, -0.1) is 11.3 Å². The van der Waals surface area contributed by atoms with Gasteiger partial charge < -0.3 is 5.73 Å². The lowest BCUT2D eigenvalue weighted by molar-refractivity contribution is 0.244. The average Bonchev–Trinajstić information content (AvgIpc) is 2.78. The Bertz CT molecular complexity index is 586. The molecule has 108 valence electrons. The van der Waals surface area contributed by atoms with Crippen molar-refractivity contribution in [2.45, 2.75) is 12.6 Å². The third-order valence-corrected chi connectivity index (χ3v) is 4.89. The van der Waals surface area contributed by atoms with Gasteiger partial charge in [0.15, 0.2) is 0 Å². The summed E-state index contributed by atoms with van der Waals surface area (Å²) in [5.41, 5.74) is 6.91. The minimum Gasteiger partial charge on any atom is -0.329 e. The standard InChI is InChI=1S/C14H15Cl3N2S/c1-19(8-10-3-5-14(17)20-10)13(7-18)11-4-2-9(15)6-12(11)16/h2-6,13H,7-8,18H2,1H3. The SMILES string of the molecule is CN(Cc1ccc(Cl)s1)C(CN)c1ccc(Cl)cc1Cl. The van der Waals surface area contributed by atoms with Gasteiger partial charge in [-0.2, -0.15) is 0 Å². The third kappa shape index (κ3) is 3.88. The summed E-state index contributed by atoms with van der Waals surface area (Å²) in [6.07, 6.45) is 0. The van der Waals surface area contributed by atoms with Crippen molar-refractivity contribution in [2.24, 2.45) is 5.73 Å². The number of nitrogens with two attached hydrogens (primary N) is 1. The van der Waals surface area contributed by atoms with E-state index in [2.05, 4.69) is 4.90 Å². The number of nitrogens with zero attached hydrogens (tertiary/aromatic N) is 1. The van der Waals surface area contributed by atoms with Crippen LogP contribution in [0.3, 0.4) is 0 Å². The number of halogens is 3. The minimum absolute atomic E-state index is 0.0423. The molecular weight excluding hydrogens is 335 g/mol. The second kappa shape index (κ2) is 7.12. The van der Waals surface area contributed by atoms with Crippen LogP contribution in [0.2, 0.25) is 14.4 Å². The van der Waals surface area contributed by atoms with E-state index in [4.69, 9.17) is 40.5 Å². The predicted octanol–water partition coefficient (Wildman–Crippen LogP) is 4.84. The molecule has 6 heteroatoms. The Hall–Kier alpha value is -0.290. The summed E-state index contributed by atoms with van der Waals surface area (Å²) in [7, 11) is 2.02. The molecule has 1 heterocycles. The zero-order valence-corrected chi connectivity index (χ0v) is 14.0. The first kappa shape index (κ1) is 16.1. The largest absolute Gasteiger partial charge is 0.329 e. The minimum atomic E-state index is 0.0423. The fourth-order valence-corrected chi connectivity index (χ4v) is 3.79. The van der Waals surface area contributed by atoms with Crippen LogP contribution in [0, 0.1) is 0 Å². The number of hydrogen-bond donors (Lipinski definition) is 1. The summed E-state index contributed by atoms with van der Waals surface area (Å²) in [6.45, 7) is 1.26. The first-order valence-electron chi connectivity index (χ1n) is 6.10. The second-order valence-electron chi connectivity index (χ2n) is 4.54. The van der Waals surface area contributed by atoms with Crippen molar-refractivity contribution >= 4 is 46.1 Å². The van der Waals surface area contributed by atoms with Gasteiger partial charge in [-0.05, 0) is 36.9 Å². The first-order valence-corrected chi connectivity index (χ1v) is 8.05. The molecule has 2 N–H and O–H groups in total. The van der Waals surface area contributed by atoms with Crippen LogP contribution < -0.4 is 5.73 Å². The van der Waals surface area contributed by atoms with E-state index in [0.29, 0.717) is 16.6 Å². The highest BCUT2D eigenvalue weighted by Crippen LogP contribution is 2.31. The molecule has 0 fully saturated rings. The van der Waals surface area contributed by atoms with Crippen LogP contribution in [-0.2, 0) is 6.54 Å². The molecule has 0 bridgehead atoms. The topological polar surface area (TPSA) is 29.3 Å². The molecule has 20 heavy (non-hydrogen) atoms. The zero-order valence-electron chi connectivity index (χ0n) is 10.9. The van der Waals surface area contributed by atoms with Crippen molar-refractivity contribution in [2.75, 3.05) is 13.6 Å². The Balaban J connectivity index is 2.18. The van der Waals surface area contributed by atoms with Crippen molar-refractivity contribution in [3.63, 3.8) is 0 Å². The quantitative estimate of drug-likeness (QED) is 0.837. The predicted molar refractivity (Wildman–Crippen MR) is 89.1 cm³/mol. The Kier molecular flexibility index (Phi) is 5.73. The molecule has 0 aliphatic carbocycles. The number of rotatable bonds is 5. The van der Waals surface area contributed by atoms with Crippen LogP contribution in [0.1, 0.15) is 16.5 Å². The van der Waals surface area contributed by atoms with E-state index in [1.54, 1.807) is 17.4 Å². The van der Waals surface area contributed by atoms with Crippen LogP contribution in [0.15, 0.2) is 30.3 Å². The van der Waals surface area contributed by atoms with Crippen molar-refractivity contribution in [3.05, 3.63) is 55.2 Å². The molecule has 1 atom stereocenters. The van der Waals surface area contributed by atoms with Crippen LogP contribution in [-0.4, -0.2) is 18.5 Å². The number of likely N-dealkylation sites (N-methyl/N-ethyl adjacent to an activating group) is 1. The highest BCUT2D eigenvalue weighted by Gasteiger charge is 2.19. The molecule has 0 saturated carbocycles. The van der Waals surface area contributed by atoms with Gasteiger partial charge in [0.25, 0.3) is 0 Å². The Morgan fingerprint density at radius 2 is 1.95 bits per heavy atom. The molecule has 1 aromatic heterocycles. The molecule has 0 aliphatic heterocycles. The van der Waals surface area contributed by atoms with Crippen LogP contribution in [0.25, 0.3) is 0 Å². The van der Waals surface area contributed by atoms with Crippen LogP contribution in [0.5, 0.6) is 0 Å². The first-order chi connectivity index (χ1) is 9.51. The van der Waals surface area contributed by atoms with E-state index in [-0.39, 0.29) is 6.04 Å². The van der Waals surface area contributed by atoms with Gasteiger partial charge in [-0.3, -0.25) is 4.90 Å². The van der Waals surface area contributed by atoms with Gasteiger partial charge in [-0.25, -0.2) is 0 Å². The maximum atomic E-state index is 6.27. The Labute approximate surface area is 138 Å². The van der Waals surface area contributed by atoms with Crippen molar-refractivity contribution in [1.82, 2.24) is 4.90 Å². The fraction of sp³-hybridized carbons (Fsp3) is 0.286. The lowest BCUT2D eigenvalue weighted by Crippen LogP contribution is -2.30. The highest BCUT2D eigenvalue weighted by molar-refractivity contribution is 7.16. The summed E-state index contributed by atoms with van der Waals surface area (Å²) >= 11 is 19.7. The van der Waals surface area contributed by atoms with E-state index >= 15 is 0 Å². The van der Waals surface area contributed by atoms with Crippen molar-refractivity contribution < 1.29 is 0 Å². The van der Waals surface area contributed by atoms with E-state index in [1.165, 1.54) is 4.88 Å². The number of hydrogen-bond acceptors (Lipinski definition) is 3. The van der Waals surface area contributed by atoms with E-state index in [9.17, 15) is 0 Å². The molecule has 2 aromatic rings. The van der Waals surface area contributed by atoms with E-state index in [0.717, 1.165) is 16.4 Å². The molecule has 0 aliphatic rings. The fourth-order valence-electron chi connectivity index (χ4n) is 2.11. The number of benzene rings is 1. The summed E-state index contributed by atoms with van der Waals surface area (Å²) in [4.78, 5) is 3.36. The van der Waals surface area contributed by atoms with E-state index < -0.39 is 0 Å². The van der Waals surface area contributed by atoms with E-state index in [1.807, 2.05) is 31.3 Å². The average molecular weight is 350 g/mol. The van der Waals surface area contributed by atoms with Crippen molar-refractivity contribution in [3.8, 4) is 0 Å². The zero-order chi connectivity index (χ0) is 14.7. The molecule has 1 unspecified atom stereocenters. The van der Waals surface area contributed by atoms with Gasteiger partial charge in [0.2, 0.25) is 0 Å². The van der Waals surface area contributed by atoms with Crippen LogP contribution in [0.4, 0.5) is 0 Å². The van der Waals surface area contributed by atoms with Crippen molar-refractivity contribution in [1.29, 1.82) is 0 Å². The third-order valence-electron chi connectivity index (χ3n) is 3.11. The second-order valence-corrected chi connectivity index (χ2v) is 7.18. The Morgan fingerprint density at radius 1 is 1.20 bits per heavy atom. The lowest BCUT2D eigenvalue weighted by atomic mass is 10.1. The normalized spacial score (nSPS) is 12.9. The molecule has 0 amide bonds. The van der Waals surface area contributed by atoms with Gasteiger partial charge in [-0.1, -0.05) is 40.9 Å². The molecular formula is C14H15Cl3N2S. The molecule has 0 saturated heterocycles. The maximum absolute atomic E-state index is 6.27. The monoisotopic (exact) mass is 348 g/mol. The molecule has 2 nitrogen and oxygen atoms in total.